The van der Waals surface area contributed by atoms with Gasteiger partial charge >= 0.3 is 0 Å². The molecule has 4 nitrogen and oxygen atoms in total. The van der Waals surface area contributed by atoms with Crippen LogP contribution in [0.4, 0.5) is 0 Å². The van der Waals surface area contributed by atoms with Gasteiger partial charge < -0.3 is 15.2 Å². The normalized spacial score (nSPS) is 26.2. The van der Waals surface area contributed by atoms with Crippen LogP contribution in [0.5, 0.6) is 5.75 Å². The molecule has 122 valence electrons. The number of hydrogen-bond donors (Lipinski definition) is 1. The minimum absolute atomic E-state index is 0.276. The van der Waals surface area contributed by atoms with Crippen molar-refractivity contribution >= 4 is 0 Å². The molecule has 2 saturated heterocycles. The Balaban J connectivity index is 1.50. The van der Waals surface area contributed by atoms with Gasteiger partial charge in [0, 0.05) is 25.7 Å². The van der Waals surface area contributed by atoms with Crippen molar-refractivity contribution in [1.82, 2.24) is 4.90 Å². The highest BCUT2D eigenvalue weighted by Crippen LogP contribution is 2.21. The topological polar surface area (TPSA) is 47.7 Å². The lowest BCUT2D eigenvalue weighted by atomic mass is 10.0. The van der Waals surface area contributed by atoms with Crippen LogP contribution < -0.4 is 10.5 Å². The zero-order valence-corrected chi connectivity index (χ0v) is 13.4. The molecule has 2 N–H and O–H groups in total. The van der Waals surface area contributed by atoms with Crippen LogP contribution in [0.25, 0.3) is 0 Å². The minimum atomic E-state index is 0.276. The fourth-order valence-corrected chi connectivity index (χ4v) is 3.43. The van der Waals surface area contributed by atoms with Gasteiger partial charge in [-0.15, -0.1) is 0 Å². The van der Waals surface area contributed by atoms with Gasteiger partial charge in [-0.2, -0.15) is 0 Å². The number of ether oxygens (including phenoxy) is 2. The molecule has 0 bridgehead atoms. The van der Waals surface area contributed by atoms with E-state index < -0.39 is 0 Å². The third kappa shape index (κ3) is 4.22. The lowest BCUT2D eigenvalue weighted by Gasteiger charge is -2.35. The van der Waals surface area contributed by atoms with Crippen LogP contribution in [0.1, 0.15) is 37.7 Å². The van der Waals surface area contributed by atoms with Gasteiger partial charge in [-0.25, -0.2) is 0 Å². The molecule has 3 rings (SSSR count). The molecule has 0 saturated carbocycles. The van der Waals surface area contributed by atoms with Crippen molar-refractivity contribution in [3.63, 3.8) is 0 Å². The molecule has 0 radical (unpaired) electrons. The van der Waals surface area contributed by atoms with Gasteiger partial charge in [-0.3, -0.25) is 4.90 Å². The summed E-state index contributed by atoms with van der Waals surface area (Å²) in [5.41, 5.74) is 7.23. The van der Waals surface area contributed by atoms with Crippen LogP contribution in [-0.4, -0.2) is 43.3 Å². The molecule has 2 atom stereocenters. The molecule has 0 aromatic heterocycles. The Morgan fingerprint density at radius 3 is 2.73 bits per heavy atom. The van der Waals surface area contributed by atoms with Crippen molar-refractivity contribution < 1.29 is 9.47 Å². The molecule has 4 heteroatoms. The second kappa shape index (κ2) is 7.95. The summed E-state index contributed by atoms with van der Waals surface area (Å²) in [5, 5.41) is 0. The van der Waals surface area contributed by atoms with Crippen LogP contribution >= 0.6 is 0 Å². The molecule has 0 spiro atoms. The Labute approximate surface area is 133 Å². The van der Waals surface area contributed by atoms with Gasteiger partial charge in [-0.05, 0) is 49.9 Å². The monoisotopic (exact) mass is 304 g/mol. The zero-order valence-electron chi connectivity index (χ0n) is 13.4. The van der Waals surface area contributed by atoms with Crippen molar-refractivity contribution in [2.45, 2.75) is 50.8 Å². The molecule has 1 aromatic carbocycles. The zero-order chi connectivity index (χ0) is 15.2. The van der Waals surface area contributed by atoms with Crippen molar-refractivity contribution in [2.75, 3.05) is 26.3 Å². The maximum Gasteiger partial charge on any atom is 0.119 e. The summed E-state index contributed by atoms with van der Waals surface area (Å²) < 4.78 is 11.4. The molecule has 2 aliphatic heterocycles. The Hall–Kier alpha value is -1.10. The maximum atomic E-state index is 5.90. The summed E-state index contributed by atoms with van der Waals surface area (Å²) in [6.45, 7) is 4.47. The fourth-order valence-electron chi connectivity index (χ4n) is 3.43. The predicted molar refractivity (Wildman–Crippen MR) is 88.0 cm³/mol. The SMILES string of the molecule is NCC1CCCCN1Cc1ccc(OCC2CCCO2)cc1. The lowest BCUT2D eigenvalue weighted by molar-refractivity contribution is 0.0679. The van der Waals surface area contributed by atoms with Crippen LogP contribution in [0.2, 0.25) is 0 Å². The summed E-state index contributed by atoms with van der Waals surface area (Å²) in [4.78, 5) is 2.52. The van der Waals surface area contributed by atoms with E-state index in [4.69, 9.17) is 15.2 Å². The van der Waals surface area contributed by atoms with Crippen LogP contribution in [0.15, 0.2) is 24.3 Å². The smallest absolute Gasteiger partial charge is 0.119 e. The largest absolute Gasteiger partial charge is 0.491 e. The maximum absolute atomic E-state index is 5.90. The second-order valence-electron chi connectivity index (χ2n) is 6.45. The minimum Gasteiger partial charge on any atom is -0.491 e. The molecule has 1 aromatic rings. The molecule has 0 aliphatic carbocycles. The molecular weight excluding hydrogens is 276 g/mol. The first-order chi connectivity index (χ1) is 10.8. The van der Waals surface area contributed by atoms with E-state index in [1.807, 2.05) is 0 Å². The molecule has 2 heterocycles. The first-order valence-electron chi connectivity index (χ1n) is 8.62. The van der Waals surface area contributed by atoms with E-state index in [0.29, 0.717) is 12.6 Å². The van der Waals surface area contributed by atoms with Crippen molar-refractivity contribution in [1.29, 1.82) is 0 Å². The van der Waals surface area contributed by atoms with E-state index in [9.17, 15) is 0 Å². The summed E-state index contributed by atoms with van der Waals surface area (Å²) in [7, 11) is 0. The van der Waals surface area contributed by atoms with Gasteiger partial charge in [0.2, 0.25) is 0 Å². The molecule has 0 amide bonds. The number of rotatable bonds is 6. The average molecular weight is 304 g/mol. The quantitative estimate of drug-likeness (QED) is 0.877. The van der Waals surface area contributed by atoms with E-state index in [0.717, 1.165) is 38.3 Å². The van der Waals surface area contributed by atoms with Gasteiger partial charge in [0.25, 0.3) is 0 Å². The van der Waals surface area contributed by atoms with E-state index in [-0.39, 0.29) is 6.10 Å². The van der Waals surface area contributed by atoms with Crippen molar-refractivity contribution in [3.8, 4) is 5.75 Å². The standard InChI is InChI=1S/C18H28N2O2/c19-12-16-4-1-2-10-20(16)13-15-6-8-17(9-7-15)22-14-18-5-3-11-21-18/h6-9,16,18H,1-5,10-14,19H2. The highest BCUT2D eigenvalue weighted by atomic mass is 16.5. The first kappa shape index (κ1) is 15.8. The van der Waals surface area contributed by atoms with E-state index >= 15 is 0 Å². The number of piperidine rings is 1. The van der Waals surface area contributed by atoms with Crippen LogP contribution in [0, 0.1) is 0 Å². The number of nitrogens with two attached hydrogens (primary N) is 1. The molecule has 2 unspecified atom stereocenters. The van der Waals surface area contributed by atoms with Crippen LogP contribution in [0.3, 0.4) is 0 Å². The predicted octanol–water partition coefficient (Wildman–Crippen LogP) is 2.56. The molecule has 2 fully saturated rings. The summed E-state index contributed by atoms with van der Waals surface area (Å²) >= 11 is 0. The van der Waals surface area contributed by atoms with E-state index in [1.165, 1.54) is 31.4 Å². The number of hydrogen-bond acceptors (Lipinski definition) is 4. The second-order valence-corrected chi connectivity index (χ2v) is 6.45. The van der Waals surface area contributed by atoms with Gasteiger partial charge in [0.15, 0.2) is 0 Å². The van der Waals surface area contributed by atoms with E-state index in [1.54, 1.807) is 0 Å². The third-order valence-electron chi connectivity index (χ3n) is 4.79. The number of likely N-dealkylation sites (tertiary alicyclic amines) is 1. The first-order valence-corrected chi connectivity index (χ1v) is 8.62. The summed E-state index contributed by atoms with van der Waals surface area (Å²) in [5.74, 6) is 0.938. The summed E-state index contributed by atoms with van der Waals surface area (Å²) in [6, 6.07) is 9.04. The molecule has 22 heavy (non-hydrogen) atoms. The Bertz CT molecular complexity index is 443. The van der Waals surface area contributed by atoms with E-state index in [2.05, 4.69) is 29.2 Å². The van der Waals surface area contributed by atoms with Crippen molar-refractivity contribution in [3.05, 3.63) is 29.8 Å². The highest BCUT2D eigenvalue weighted by molar-refractivity contribution is 5.27. The van der Waals surface area contributed by atoms with Crippen LogP contribution in [-0.2, 0) is 11.3 Å². The lowest BCUT2D eigenvalue weighted by Crippen LogP contribution is -2.43. The van der Waals surface area contributed by atoms with Gasteiger partial charge in [-0.1, -0.05) is 18.6 Å². The third-order valence-corrected chi connectivity index (χ3v) is 4.79. The highest BCUT2D eigenvalue weighted by Gasteiger charge is 2.21. The summed E-state index contributed by atoms with van der Waals surface area (Å²) in [6.07, 6.45) is 6.39. The molecule has 2 aliphatic rings. The Morgan fingerprint density at radius 1 is 1.14 bits per heavy atom. The Morgan fingerprint density at radius 2 is 2.00 bits per heavy atom. The number of benzene rings is 1. The van der Waals surface area contributed by atoms with Crippen molar-refractivity contribution in [2.24, 2.45) is 5.73 Å². The number of nitrogens with zero attached hydrogens (tertiary/aromatic N) is 1. The molecular formula is C18H28N2O2. The fraction of sp³-hybridized carbons (Fsp3) is 0.667. The van der Waals surface area contributed by atoms with Gasteiger partial charge in [0.05, 0.1) is 6.10 Å². The Kier molecular flexibility index (Phi) is 5.70. The van der Waals surface area contributed by atoms with Gasteiger partial charge in [0.1, 0.15) is 12.4 Å². The average Bonchev–Trinajstić information content (AvgIpc) is 3.08.